The third-order valence-corrected chi connectivity index (χ3v) is 4.44. The van der Waals surface area contributed by atoms with E-state index in [2.05, 4.69) is 0 Å². The van der Waals surface area contributed by atoms with Crippen molar-refractivity contribution in [2.45, 2.75) is 32.7 Å². The molecule has 0 unspecified atom stereocenters. The summed E-state index contributed by atoms with van der Waals surface area (Å²) in [5.74, 6) is 0.159. The number of likely N-dealkylation sites (tertiary alicyclic amines) is 1. The Kier molecular flexibility index (Phi) is 5.06. The zero-order chi connectivity index (χ0) is 16.3. The van der Waals surface area contributed by atoms with Gasteiger partial charge < -0.3 is 15.5 Å². The van der Waals surface area contributed by atoms with Crippen LogP contribution in [0.1, 0.15) is 37.0 Å². The number of hydrogen-bond acceptors (Lipinski definition) is 3. The summed E-state index contributed by atoms with van der Waals surface area (Å²) in [5.41, 5.74) is 6.92. The van der Waals surface area contributed by atoms with Gasteiger partial charge in [0.25, 0.3) is 5.91 Å². The first-order chi connectivity index (χ1) is 10.4. The number of nitrogen functional groups attached to an aromatic ring is 1. The lowest BCUT2D eigenvalue weighted by Gasteiger charge is -2.34. The minimum Gasteiger partial charge on any atom is -0.398 e. The van der Waals surface area contributed by atoms with E-state index in [-0.39, 0.29) is 23.8 Å². The van der Waals surface area contributed by atoms with E-state index in [0.717, 1.165) is 0 Å². The van der Waals surface area contributed by atoms with Gasteiger partial charge in [0, 0.05) is 37.8 Å². The van der Waals surface area contributed by atoms with Crippen LogP contribution >= 0.6 is 0 Å². The number of anilines is 1. The summed E-state index contributed by atoms with van der Waals surface area (Å²) in [5, 5.41) is 0. The summed E-state index contributed by atoms with van der Waals surface area (Å²) in [6.45, 7) is 5.23. The second-order valence-electron chi connectivity index (χ2n) is 6.20. The van der Waals surface area contributed by atoms with E-state index in [9.17, 15) is 9.59 Å². The molecule has 1 fully saturated rings. The second kappa shape index (κ2) is 6.81. The standard InChI is InChI=1S/C17H25N3O2/c1-12(2)19(3)16(21)13-8-10-20(11-9-13)17(22)14-6-4-5-7-15(14)18/h4-7,12-13H,8-11,18H2,1-3H3. The molecular formula is C17H25N3O2. The molecule has 22 heavy (non-hydrogen) atoms. The van der Waals surface area contributed by atoms with Gasteiger partial charge in [0.15, 0.2) is 0 Å². The van der Waals surface area contributed by atoms with Gasteiger partial charge in [-0.05, 0) is 38.8 Å². The summed E-state index contributed by atoms with van der Waals surface area (Å²) in [6, 6.07) is 7.33. The highest BCUT2D eigenvalue weighted by Gasteiger charge is 2.30. The molecule has 2 amide bonds. The number of hydrogen-bond donors (Lipinski definition) is 1. The average Bonchev–Trinajstić information content (AvgIpc) is 2.53. The predicted octanol–water partition coefficient (Wildman–Crippen LogP) is 1.99. The number of carbonyl (C=O) groups excluding carboxylic acids is 2. The van der Waals surface area contributed by atoms with Crippen LogP contribution in [0.5, 0.6) is 0 Å². The molecule has 5 nitrogen and oxygen atoms in total. The normalized spacial score (nSPS) is 15.9. The van der Waals surface area contributed by atoms with Crippen LogP contribution in [0, 0.1) is 5.92 Å². The first-order valence-electron chi connectivity index (χ1n) is 7.82. The average molecular weight is 303 g/mol. The van der Waals surface area contributed by atoms with Crippen LogP contribution < -0.4 is 5.73 Å². The maximum absolute atomic E-state index is 12.5. The molecule has 0 bridgehead atoms. The molecule has 1 aliphatic rings. The van der Waals surface area contributed by atoms with Gasteiger partial charge in [-0.25, -0.2) is 0 Å². The number of nitrogens with two attached hydrogens (primary N) is 1. The quantitative estimate of drug-likeness (QED) is 0.868. The Labute approximate surface area is 132 Å². The van der Waals surface area contributed by atoms with Crippen LogP contribution in [-0.2, 0) is 4.79 Å². The largest absolute Gasteiger partial charge is 0.398 e. The summed E-state index contributed by atoms with van der Waals surface area (Å²) in [7, 11) is 1.84. The van der Waals surface area contributed by atoms with E-state index in [0.29, 0.717) is 37.2 Å². The van der Waals surface area contributed by atoms with Crippen molar-refractivity contribution in [3.63, 3.8) is 0 Å². The third kappa shape index (κ3) is 3.40. The van der Waals surface area contributed by atoms with Crippen molar-refractivity contribution < 1.29 is 9.59 Å². The molecule has 1 aromatic carbocycles. The van der Waals surface area contributed by atoms with Gasteiger partial charge in [0.05, 0.1) is 5.56 Å². The topological polar surface area (TPSA) is 66.6 Å². The van der Waals surface area contributed by atoms with Gasteiger partial charge in [-0.2, -0.15) is 0 Å². The van der Waals surface area contributed by atoms with E-state index in [4.69, 9.17) is 5.73 Å². The Balaban J connectivity index is 1.96. The highest BCUT2D eigenvalue weighted by atomic mass is 16.2. The predicted molar refractivity (Wildman–Crippen MR) is 87.4 cm³/mol. The molecule has 2 rings (SSSR count). The summed E-state index contributed by atoms with van der Waals surface area (Å²) in [6.07, 6.45) is 1.43. The highest BCUT2D eigenvalue weighted by Crippen LogP contribution is 2.23. The first kappa shape index (κ1) is 16.3. The summed E-state index contributed by atoms with van der Waals surface area (Å²) >= 11 is 0. The van der Waals surface area contributed by atoms with Gasteiger partial charge in [-0.3, -0.25) is 9.59 Å². The Morgan fingerprint density at radius 1 is 1.23 bits per heavy atom. The minimum atomic E-state index is -0.0405. The fraction of sp³-hybridized carbons (Fsp3) is 0.529. The molecule has 120 valence electrons. The smallest absolute Gasteiger partial charge is 0.255 e. The molecule has 1 heterocycles. The Morgan fingerprint density at radius 2 is 1.82 bits per heavy atom. The monoisotopic (exact) mass is 303 g/mol. The Bertz CT molecular complexity index is 549. The third-order valence-electron chi connectivity index (χ3n) is 4.44. The number of amides is 2. The van der Waals surface area contributed by atoms with Crippen molar-refractivity contribution in [3.05, 3.63) is 29.8 Å². The molecule has 0 saturated carbocycles. The van der Waals surface area contributed by atoms with E-state index in [1.165, 1.54) is 0 Å². The molecule has 1 aliphatic heterocycles. The lowest BCUT2D eigenvalue weighted by Crippen LogP contribution is -2.45. The minimum absolute atomic E-state index is 0.0181. The van der Waals surface area contributed by atoms with E-state index in [1.54, 1.807) is 21.9 Å². The Morgan fingerprint density at radius 3 is 2.36 bits per heavy atom. The zero-order valence-electron chi connectivity index (χ0n) is 13.6. The molecule has 0 aliphatic carbocycles. The molecule has 5 heteroatoms. The summed E-state index contributed by atoms with van der Waals surface area (Å²) < 4.78 is 0. The second-order valence-corrected chi connectivity index (χ2v) is 6.20. The van der Waals surface area contributed by atoms with Crippen molar-refractivity contribution in [2.24, 2.45) is 5.92 Å². The fourth-order valence-corrected chi connectivity index (χ4v) is 2.73. The molecule has 2 N–H and O–H groups in total. The van der Waals surface area contributed by atoms with Gasteiger partial charge in [0.1, 0.15) is 0 Å². The molecule has 0 spiro atoms. The number of piperidine rings is 1. The van der Waals surface area contributed by atoms with Gasteiger partial charge in [-0.15, -0.1) is 0 Å². The van der Waals surface area contributed by atoms with Crippen LogP contribution in [0.25, 0.3) is 0 Å². The number of rotatable bonds is 3. The van der Waals surface area contributed by atoms with E-state index >= 15 is 0 Å². The molecule has 0 atom stereocenters. The molecule has 1 aromatic rings. The SMILES string of the molecule is CC(C)N(C)C(=O)C1CCN(C(=O)c2ccccc2N)CC1. The molecule has 0 aromatic heterocycles. The van der Waals surface area contributed by atoms with Crippen molar-refractivity contribution in [2.75, 3.05) is 25.9 Å². The van der Waals surface area contributed by atoms with Crippen molar-refractivity contribution in [3.8, 4) is 0 Å². The highest BCUT2D eigenvalue weighted by molar-refractivity contribution is 5.99. The maximum atomic E-state index is 12.5. The van der Waals surface area contributed by atoms with Crippen molar-refractivity contribution >= 4 is 17.5 Å². The summed E-state index contributed by atoms with van der Waals surface area (Å²) in [4.78, 5) is 28.4. The van der Waals surface area contributed by atoms with E-state index < -0.39 is 0 Å². The molecule has 1 saturated heterocycles. The maximum Gasteiger partial charge on any atom is 0.255 e. The first-order valence-corrected chi connectivity index (χ1v) is 7.82. The Hall–Kier alpha value is -2.04. The van der Waals surface area contributed by atoms with Gasteiger partial charge >= 0.3 is 0 Å². The fourth-order valence-electron chi connectivity index (χ4n) is 2.73. The molecular weight excluding hydrogens is 278 g/mol. The van der Waals surface area contributed by atoms with Crippen LogP contribution in [-0.4, -0.2) is 47.8 Å². The zero-order valence-corrected chi connectivity index (χ0v) is 13.6. The van der Waals surface area contributed by atoms with Gasteiger partial charge in [0.2, 0.25) is 5.91 Å². The van der Waals surface area contributed by atoms with Crippen LogP contribution in [0.4, 0.5) is 5.69 Å². The van der Waals surface area contributed by atoms with E-state index in [1.807, 2.05) is 33.0 Å². The van der Waals surface area contributed by atoms with Crippen molar-refractivity contribution in [1.82, 2.24) is 9.80 Å². The van der Waals surface area contributed by atoms with Crippen LogP contribution in [0.2, 0.25) is 0 Å². The molecule has 0 radical (unpaired) electrons. The van der Waals surface area contributed by atoms with Crippen LogP contribution in [0.3, 0.4) is 0 Å². The lowest BCUT2D eigenvalue weighted by atomic mass is 9.94. The number of nitrogens with zero attached hydrogens (tertiary/aromatic N) is 2. The van der Waals surface area contributed by atoms with Gasteiger partial charge in [-0.1, -0.05) is 12.1 Å². The van der Waals surface area contributed by atoms with Crippen molar-refractivity contribution in [1.29, 1.82) is 0 Å². The number of carbonyl (C=O) groups is 2. The van der Waals surface area contributed by atoms with Crippen LogP contribution in [0.15, 0.2) is 24.3 Å². The number of para-hydroxylation sites is 1. The lowest BCUT2D eigenvalue weighted by molar-refractivity contribution is -0.137. The number of benzene rings is 1.